The Morgan fingerprint density at radius 1 is 0.615 bits per heavy atom. The quantitative estimate of drug-likeness (QED) is 0.159. The number of hydrogen-bond acceptors (Lipinski definition) is 2. The second kappa shape index (κ2) is 21.9. The van der Waals surface area contributed by atoms with E-state index in [0.717, 1.165) is 24.0 Å². The SMILES string of the molecule is CC(C)Cc1ccc(C(C)C(=O)O)cc1.CC(C)Cc1ccc(C(C)C(=O)O)cc1.CCC[CH2][Sn][CH2]CCC. The molecule has 0 aliphatic rings. The second-order valence-electron chi connectivity index (χ2n) is 11.3. The van der Waals surface area contributed by atoms with Gasteiger partial charge in [0.25, 0.3) is 0 Å². The minimum atomic E-state index is -0.772. The van der Waals surface area contributed by atoms with Gasteiger partial charge in [0.1, 0.15) is 0 Å². The van der Waals surface area contributed by atoms with Gasteiger partial charge in [0.15, 0.2) is 0 Å². The molecule has 0 saturated heterocycles. The van der Waals surface area contributed by atoms with Crippen molar-refractivity contribution in [1.82, 2.24) is 0 Å². The third-order valence-electron chi connectivity index (χ3n) is 6.40. The Kier molecular flexibility index (Phi) is 20.9. The van der Waals surface area contributed by atoms with Crippen LogP contribution in [0.2, 0.25) is 8.87 Å². The van der Waals surface area contributed by atoms with Crippen molar-refractivity contribution < 1.29 is 19.8 Å². The summed E-state index contributed by atoms with van der Waals surface area (Å²) in [6.45, 7) is 16.7. The molecule has 2 unspecified atom stereocenters. The van der Waals surface area contributed by atoms with Crippen LogP contribution >= 0.6 is 0 Å². The van der Waals surface area contributed by atoms with E-state index in [-0.39, 0.29) is 21.1 Å². The molecule has 0 aliphatic carbocycles. The molecule has 0 amide bonds. The van der Waals surface area contributed by atoms with Gasteiger partial charge in [-0.15, -0.1) is 0 Å². The zero-order chi connectivity index (χ0) is 29.8. The molecule has 0 heterocycles. The van der Waals surface area contributed by atoms with E-state index in [1.807, 2.05) is 48.5 Å². The number of rotatable bonds is 14. The van der Waals surface area contributed by atoms with Crippen LogP contribution < -0.4 is 0 Å². The third-order valence-corrected chi connectivity index (χ3v) is 10.4. The molecule has 0 aliphatic heterocycles. The first kappa shape index (κ1) is 37.2. The van der Waals surface area contributed by atoms with Gasteiger partial charge in [-0.25, -0.2) is 0 Å². The number of carboxylic acids is 2. The predicted octanol–water partition coefficient (Wildman–Crippen LogP) is 9.27. The molecule has 2 atom stereocenters. The van der Waals surface area contributed by atoms with Crippen LogP contribution in [0.4, 0.5) is 0 Å². The fourth-order valence-electron chi connectivity index (χ4n) is 3.84. The second-order valence-corrected chi connectivity index (χ2v) is 15.5. The van der Waals surface area contributed by atoms with Gasteiger partial charge in [0.05, 0.1) is 11.8 Å². The average molecular weight is 646 g/mol. The van der Waals surface area contributed by atoms with Crippen LogP contribution in [0.3, 0.4) is 0 Å². The van der Waals surface area contributed by atoms with Crippen molar-refractivity contribution in [3.05, 3.63) is 70.8 Å². The van der Waals surface area contributed by atoms with Crippen molar-refractivity contribution in [1.29, 1.82) is 0 Å². The topological polar surface area (TPSA) is 74.6 Å². The van der Waals surface area contributed by atoms with E-state index in [9.17, 15) is 9.59 Å². The molecular weight excluding hydrogens is 591 g/mol. The van der Waals surface area contributed by atoms with E-state index in [1.165, 1.54) is 36.8 Å². The summed E-state index contributed by atoms with van der Waals surface area (Å²) in [6.07, 6.45) is 7.93. The van der Waals surface area contributed by atoms with Gasteiger partial charge in [-0.2, -0.15) is 0 Å². The Morgan fingerprint density at radius 2 is 0.923 bits per heavy atom. The molecule has 2 radical (unpaired) electrons. The Bertz CT molecular complexity index is 828. The van der Waals surface area contributed by atoms with Crippen molar-refractivity contribution in [2.45, 2.75) is 115 Å². The number of aliphatic carboxylic acids is 2. The summed E-state index contributed by atoms with van der Waals surface area (Å²) >= 11 is 0.149. The Balaban J connectivity index is 0.000000576. The molecule has 4 nitrogen and oxygen atoms in total. The van der Waals surface area contributed by atoms with E-state index in [4.69, 9.17) is 10.2 Å². The van der Waals surface area contributed by atoms with Gasteiger partial charge in [-0.05, 0) is 60.8 Å². The van der Waals surface area contributed by atoms with E-state index >= 15 is 0 Å². The Morgan fingerprint density at radius 3 is 1.15 bits per heavy atom. The monoisotopic (exact) mass is 646 g/mol. The molecule has 0 saturated carbocycles. The molecule has 0 bridgehead atoms. The zero-order valence-electron chi connectivity index (χ0n) is 25.8. The first-order chi connectivity index (χ1) is 18.4. The molecule has 5 heteroatoms. The first-order valence-corrected chi connectivity index (χ1v) is 18.8. The van der Waals surface area contributed by atoms with Gasteiger partial charge in [0.2, 0.25) is 0 Å². The molecular formula is C34H54O4Sn. The number of carbonyl (C=O) groups is 2. The first-order valence-electron chi connectivity index (χ1n) is 14.8. The molecule has 2 rings (SSSR count). The van der Waals surface area contributed by atoms with Crippen LogP contribution in [0.5, 0.6) is 0 Å². The molecule has 218 valence electrons. The van der Waals surface area contributed by atoms with E-state index < -0.39 is 23.8 Å². The fourth-order valence-corrected chi connectivity index (χ4v) is 8.00. The summed E-state index contributed by atoms with van der Waals surface area (Å²) in [4.78, 5) is 21.5. The fraction of sp³-hybridized carbons (Fsp3) is 0.588. The maximum absolute atomic E-state index is 10.8. The summed E-state index contributed by atoms with van der Waals surface area (Å²) in [6, 6.07) is 15.7. The van der Waals surface area contributed by atoms with Gasteiger partial charge < -0.3 is 10.2 Å². The van der Waals surface area contributed by atoms with Crippen molar-refractivity contribution >= 4 is 33.1 Å². The van der Waals surface area contributed by atoms with Crippen molar-refractivity contribution in [3.8, 4) is 0 Å². The summed E-state index contributed by atoms with van der Waals surface area (Å²) < 4.78 is 3.25. The average Bonchev–Trinajstić information content (AvgIpc) is 2.88. The van der Waals surface area contributed by atoms with Gasteiger partial charge >= 0.3 is 81.5 Å². The van der Waals surface area contributed by atoms with Crippen LogP contribution in [0.1, 0.15) is 115 Å². The molecule has 0 aromatic heterocycles. The van der Waals surface area contributed by atoms with Crippen LogP contribution in [0.15, 0.2) is 48.5 Å². The molecule has 2 aromatic rings. The van der Waals surface area contributed by atoms with Crippen LogP contribution in [0.25, 0.3) is 0 Å². The number of benzene rings is 2. The molecule has 2 N–H and O–H groups in total. The van der Waals surface area contributed by atoms with Crippen LogP contribution in [-0.4, -0.2) is 43.3 Å². The third kappa shape index (κ3) is 18.2. The van der Waals surface area contributed by atoms with E-state index in [1.54, 1.807) is 22.7 Å². The minimum absolute atomic E-state index is 0.149. The van der Waals surface area contributed by atoms with Crippen LogP contribution in [-0.2, 0) is 22.4 Å². The molecule has 39 heavy (non-hydrogen) atoms. The molecule has 0 fully saturated rings. The van der Waals surface area contributed by atoms with Crippen molar-refractivity contribution in [2.24, 2.45) is 11.8 Å². The number of carboxylic acid groups (broad SMARTS) is 2. The Labute approximate surface area is 249 Å². The standard InChI is InChI=1S/2C13H18O2.2C4H9.Sn/c2*1-9(2)8-11-4-6-12(7-5-11)10(3)13(14)15;2*1-3-4-2;/h2*4-7,9-10H,8H2,1-3H3,(H,14,15);2*1,3-4H2,2H3;. The zero-order valence-corrected chi connectivity index (χ0v) is 28.7. The van der Waals surface area contributed by atoms with Crippen LogP contribution in [0, 0.1) is 11.8 Å². The van der Waals surface area contributed by atoms with Gasteiger partial charge in [-0.1, -0.05) is 76.2 Å². The normalized spacial score (nSPS) is 12.2. The maximum atomic E-state index is 10.8. The molecule has 2 aromatic carbocycles. The Hall–Kier alpha value is -1.82. The number of unbranched alkanes of at least 4 members (excludes halogenated alkanes) is 2. The predicted molar refractivity (Wildman–Crippen MR) is 167 cm³/mol. The van der Waals surface area contributed by atoms with Gasteiger partial charge in [0, 0.05) is 0 Å². The van der Waals surface area contributed by atoms with Gasteiger partial charge in [-0.3, -0.25) is 9.59 Å². The van der Waals surface area contributed by atoms with Crippen molar-refractivity contribution in [2.75, 3.05) is 0 Å². The van der Waals surface area contributed by atoms with E-state index in [0.29, 0.717) is 11.8 Å². The van der Waals surface area contributed by atoms with Crippen molar-refractivity contribution in [3.63, 3.8) is 0 Å². The molecule has 0 spiro atoms. The number of hydrogen-bond donors (Lipinski definition) is 2. The summed E-state index contributed by atoms with van der Waals surface area (Å²) in [5.41, 5.74) is 4.28. The van der Waals surface area contributed by atoms with E-state index in [2.05, 4.69) is 41.5 Å². The summed E-state index contributed by atoms with van der Waals surface area (Å²) in [5.74, 6) is -1.12. The summed E-state index contributed by atoms with van der Waals surface area (Å²) in [7, 11) is 0. The summed E-state index contributed by atoms with van der Waals surface area (Å²) in [5, 5.41) is 17.7.